The molecule has 0 bridgehead atoms. The van der Waals surface area contributed by atoms with Crippen LogP contribution in [-0.4, -0.2) is 49.0 Å². The molecule has 0 aliphatic carbocycles. The third kappa shape index (κ3) is 3.86. The van der Waals surface area contributed by atoms with E-state index in [1.165, 1.54) is 0 Å². The van der Waals surface area contributed by atoms with Crippen LogP contribution in [0.15, 0.2) is 24.3 Å². The number of aromatic nitrogens is 2. The average Bonchev–Trinajstić information content (AvgIpc) is 2.96. The first-order valence-corrected chi connectivity index (χ1v) is 10.6. The summed E-state index contributed by atoms with van der Waals surface area (Å²) in [6.07, 6.45) is 0.821. The highest BCUT2D eigenvalue weighted by atomic mass is 16.6. The minimum absolute atomic E-state index is 0.134. The van der Waals surface area contributed by atoms with Crippen molar-refractivity contribution in [2.75, 3.05) is 33.5 Å². The lowest BCUT2D eigenvalue weighted by molar-refractivity contribution is -0.121. The second-order valence-corrected chi connectivity index (χ2v) is 7.67. The summed E-state index contributed by atoms with van der Waals surface area (Å²) in [6.45, 7) is 4.53. The monoisotopic (exact) mass is 439 g/mol. The van der Waals surface area contributed by atoms with Gasteiger partial charge in [0.05, 0.1) is 31.4 Å². The molecule has 9 heteroatoms. The summed E-state index contributed by atoms with van der Waals surface area (Å²) < 4.78 is 30.2. The lowest BCUT2D eigenvalue weighted by Gasteiger charge is -2.18. The fraction of sp³-hybridized carbons (Fsp3) is 0.391. The van der Waals surface area contributed by atoms with Gasteiger partial charge in [0.15, 0.2) is 23.0 Å². The number of nitrogens with one attached hydrogen (secondary N) is 1. The van der Waals surface area contributed by atoms with Crippen LogP contribution >= 0.6 is 0 Å². The van der Waals surface area contributed by atoms with Gasteiger partial charge in [-0.3, -0.25) is 4.79 Å². The first-order chi connectivity index (χ1) is 15.6. The van der Waals surface area contributed by atoms with Crippen LogP contribution in [0.4, 0.5) is 0 Å². The van der Waals surface area contributed by atoms with Crippen molar-refractivity contribution in [2.24, 2.45) is 0 Å². The van der Waals surface area contributed by atoms with Gasteiger partial charge >= 0.3 is 0 Å². The molecule has 0 radical (unpaired) electrons. The molecule has 0 saturated heterocycles. The van der Waals surface area contributed by atoms with Gasteiger partial charge in [0.2, 0.25) is 5.91 Å². The Labute approximate surface area is 185 Å². The van der Waals surface area contributed by atoms with Crippen molar-refractivity contribution >= 4 is 16.9 Å². The number of methoxy groups -OCH3 is 1. The molecular formula is C23H25N3O6. The molecule has 32 heavy (non-hydrogen) atoms. The van der Waals surface area contributed by atoms with Gasteiger partial charge in [0.1, 0.15) is 31.3 Å². The fourth-order valence-electron chi connectivity index (χ4n) is 3.94. The van der Waals surface area contributed by atoms with Gasteiger partial charge < -0.3 is 33.6 Å². The molecule has 2 aliphatic heterocycles. The maximum atomic E-state index is 12.8. The summed E-state index contributed by atoms with van der Waals surface area (Å²) in [4.78, 5) is 17.4. The van der Waals surface area contributed by atoms with Crippen molar-refractivity contribution in [2.45, 2.75) is 26.4 Å². The van der Waals surface area contributed by atoms with Gasteiger partial charge in [0.25, 0.3) is 0 Å². The number of imidazole rings is 1. The molecule has 0 unspecified atom stereocenters. The normalized spacial score (nSPS) is 14.7. The number of carbonyl (C=O) groups is 1. The van der Waals surface area contributed by atoms with E-state index in [9.17, 15) is 4.79 Å². The third-order valence-corrected chi connectivity index (χ3v) is 5.53. The van der Waals surface area contributed by atoms with E-state index < -0.39 is 0 Å². The van der Waals surface area contributed by atoms with E-state index in [-0.39, 0.29) is 12.5 Å². The summed E-state index contributed by atoms with van der Waals surface area (Å²) >= 11 is 0. The molecule has 3 heterocycles. The number of fused-ring (bicyclic) bond motifs is 3. The van der Waals surface area contributed by atoms with Gasteiger partial charge in [0, 0.05) is 36.7 Å². The minimum Gasteiger partial charge on any atom is -0.496 e. The van der Waals surface area contributed by atoms with Crippen molar-refractivity contribution < 1.29 is 28.5 Å². The first-order valence-electron chi connectivity index (χ1n) is 10.6. The Hall–Kier alpha value is -3.62. The molecule has 2 aromatic carbocycles. The zero-order chi connectivity index (χ0) is 22.1. The van der Waals surface area contributed by atoms with Crippen LogP contribution in [0.25, 0.3) is 11.0 Å². The number of hydrogen-bond donors (Lipinski definition) is 1. The highest BCUT2D eigenvalue weighted by Crippen LogP contribution is 2.37. The third-order valence-electron chi connectivity index (χ3n) is 5.53. The molecule has 3 aromatic rings. The molecule has 1 N–H and O–H groups in total. The molecule has 1 aromatic heterocycles. The van der Waals surface area contributed by atoms with Gasteiger partial charge in [-0.2, -0.15) is 0 Å². The van der Waals surface area contributed by atoms with E-state index in [0.29, 0.717) is 61.7 Å². The largest absolute Gasteiger partial charge is 0.496 e. The topological polar surface area (TPSA) is 93.1 Å². The predicted octanol–water partition coefficient (Wildman–Crippen LogP) is 2.60. The van der Waals surface area contributed by atoms with Crippen LogP contribution in [0.3, 0.4) is 0 Å². The Morgan fingerprint density at radius 2 is 1.66 bits per heavy atom. The number of carbonyl (C=O) groups excluding carboxylic acids is 1. The van der Waals surface area contributed by atoms with E-state index in [4.69, 9.17) is 23.7 Å². The Morgan fingerprint density at radius 1 is 1.00 bits per heavy atom. The zero-order valence-corrected chi connectivity index (χ0v) is 18.1. The van der Waals surface area contributed by atoms with E-state index in [1.807, 2.05) is 29.7 Å². The lowest BCUT2D eigenvalue weighted by atomic mass is 10.1. The Bertz CT molecular complexity index is 1170. The van der Waals surface area contributed by atoms with Gasteiger partial charge in [-0.25, -0.2) is 4.98 Å². The van der Waals surface area contributed by atoms with Crippen LogP contribution < -0.4 is 29.0 Å². The zero-order valence-electron chi connectivity index (χ0n) is 18.1. The number of hydrogen-bond acceptors (Lipinski definition) is 7. The van der Waals surface area contributed by atoms with E-state index in [0.717, 1.165) is 28.8 Å². The maximum Gasteiger partial charge on any atom is 0.240 e. The molecule has 0 fully saturated rings. The minimum atomic E-state index is -0.142. The van der Waals surface area contributed by atoms with Gasteiger partial charge in [-0.15, -0.1) is 0 Å². The molecule has 9 nitrogen and oxygen atoms in total. The molecule has 168 valence electrons. The van der Waals surface area contributed by atoms with Crippen LogP contribution in [0.2, 0.25) is 0 Å². The van der Waals surface area contributed by atoms with Gasteiger partial charge in [-0.05, 0) is 13.0 Å². The number of benzene rings is 2. The molecular weight excluding hydrogens is 414 g/mol. The predicted molar refractivity (Wildman–Crippen MR) is 116 cm³/mol. The van der Waals surface area contributed by atoms with Crippen LogP contribution in [0, 0.1) is 6.92 Å². The van der Waals surface area contributed by atoms with Crippen molar-refractivity contribution in [3.63, 3.8) is 0 Å². The lowest BCUT2D eigenvalue weighted by Crippen LogP contribution is -2.27. The molecule has 0 atom stereocenters. The van der Waals surface area contributed by atoms with Crippen molar-refractivity contribution in [1.29, 1.82) is 0 Å². The summed E-state index contributed by atoms with van der Waals surface area (Å²) in [5.74, 6) is 3.91. The van der Waals surface area contributed by atoms with Crippen LogP contribution in [0.5, 0.6) is 28.7 Å². The van der Waals surface area contributed by atoms with E-state index in [1.54, 1.807) is 13.2 Å². The molecule has 5 rings (SSSR count). The highest BCUT2D eigenvalue weighted by molar-refractivity contribution is 5.83. The summed E-state index contributed by atoms with van der Waals surface area (Å²) in [5, 5.41) is 2.97. The smallest absolute Gasteiger partial charge is 0.240 e. The van der Waals surface area contributed by atoms with Crippen molar-refractivity contribution in [3.05, 3.63) is 35.7 Å². The summed E-state index contributed by atoms with van der Waals surface area (Å²) in [7, 11) is 1.60. The molecule has 1 amide bonds. The maximum absolute atomic E-state index is 12.8. The van der Waals surface area contributed by atoms with Crippen molar-refractivity contribution in [3.8, 4) is 28.7 Å². The van der Waals surface area contributed by atoms with Crippen molar-refractivity contribution in [1.82, 2.24) is 14.9 Å². The standard InChI is InChI=1S/C23H25N3O6/c1-14-25-16-9-20-21(32-7-6-31-20)10-17(16)26(14)13-23(27)24-12-15-8-19-22(11-18(15)28-2)30-5-3-4-29-19/h8-11H,3-7,12-13H2,1-2H3,(H,24,27). The number of ether oxygens (including phenoxy) is 5. The SMILES string of the molecule is COc1cc2c(cc1CNC(=O)Cn1c(C)nc3cc4c(cc31)OCCO4)OCCCO2. The van der Waals surface area contributed by atoms with Crippen LogP contribution in [0.1, 0.15) is 17.8 Å². The average molecular weight is 439 g/mol. The highest BCUT2D eigenvalue weighted by Gasteiger charge is 2.19. The second-order valence-electron chi connectivity index (χ2n) is 7.67. The number of amides is 1. The Kier molecular flexibility index (Phi) is 5.38. The number of aryl methyl sites for hydroxylation is 1. The summed E-state index contributed by atoms with van der Waals surface area (Å²) in [5.41, 5.74) is 2.41. The fourth-order valence-corrected chi connectivity index (χ4v) is 3.94. The first kappa shape index (κ1) is 20.3. The van der Waals surface area contributed by atoms with E-state index in [2.05, 4.69) is 10.3 Å². The summed E-state index contributed by atoms with van der Waals surface area (Å²) in [6, 6.07) is 7.40. The van der Waals surface area contributed by atoms with Crippen LogP contribution in [-0.2, 0) is 17.9 Å². The Morgan fingerprint density at radius 3 is 2.41 bits per heavy atom. The van der Waals surface area contributed by atoms with Gasteiger partial charge in [-0.1, -0.05) is 0 Å². The quantitative estimate of drug-likeness (QED) is 0.653. The molecule has 2 aliphatic rings. The number of nitrogens with zero attached hydrogens (tertiary/aromatic N) is 2. The Balaban J connectivity index is 1.33. The van der Waals surface area contributed by atoms with E-state index >= 15 is 0 Å². The second kappa shape index (κ2) is 8.49. The number of rotatable bonds is 5. The molecule has 0 spiro atoms. The molecule has 0 saturated carbocycles.